The highest BCUT2D eigenvalue weighted by Crippen LogP contribution is 2.33. The number of aromatic amines is 1. The first-order valence-corrected chi connectivity index (χ1v) is 12.5. The SMILES string of the molecule is C#CO.CC.CN1CN=C(N)/C1=C(/NC1CCCCC1)c1cc2cccc(-c3ccccc3F)c2[nH]1. The van der Waals surface area contributed by atoms with Gasteiger partial charge in [-0.1, -0.05) is 75.9 Å². The molecule has 2 aromatic carbocycles. The number of para-hydroxylation sites is 1. The summed E-state index contributed by atoms with van der Waals surface area (Å²) in [6, 6.07) is 15.4. The first-order chi connectivity index (χ1) is 17.5. The maximum Gasteiger partial charge on any atom is 0.146 e. The van der Waals surface area contributed by atoms with Gasteiger partial charge < -0.3 is 26.0 Å². The van der Waals surface area contributed by atoms with Gasteiger partial charge in [0.05, 0.1) is 16.9 Å². The number of benzene rings is 2. The van der Waals surface area contributed by atoms with Gasteiger partial charge in [0.1, 0.15) is 30.1 Å². The molecular formula is C29H36FN5O. The number of terminal acetylenes is 1. The molecule has 1 aliphatic heterocycles. The van der Waals surface area contributed by atoms with E-state index >= 15 is 0 Å². The molecule has 5 rings (SSSR count). The predicted octanol–water partition coefficient (Wildman–Crippen LogP) is 5.80. The molecule has 7 heteroatoms. The number of H-pyrrole nitrogens is 1. The zero-order chi connectivity index (χ0) is 26.1. The number of nitrogens with two attached hydrogens (primary N) is 1. The Morgan fingerprint density at radius 2 is 1.81 bits per heavy atom. The molecule has 36 heavy (non-hydrogen) atoms. The predicted molar refractivity (Wildman–Crippen MR) is 147 cm³/mol. The summed E-state index contributed by atoms with van der Waals surface area (Å²) in [6.45, 7) is 4.55. The second kappa shape index (κ2) is 12.7. The lowest BCUT2D eigenvalue weighted by molar-refractivity contribution is 0.404. The molecular weight excluding hydrogens is 453 g/mol. The smallest absolute Gasteiger partial charge is 0.146 e. The molecule has 0 atom stereocenters. The first-order valence-electron chi connectivity index (χ1n) is 12.5. The van der Waals surface area contributed by atoms with E-state index in [-0.39, 0.29) is 5.82 Å². The van der Waals surface area contributed by atoms with Crippen molar-refractivity contribution in [2.24, 2.45) is 10.7 Å². The van der Waals surface area contributed by atoms with E-state index in [1.807, 2.05) is 45.2 Å². The number of aliphatic hydroxyl groups excluding tert-OH is 1. The van der Waals surface area contributed by atoms with Gasteiger partial charge in [-0.25, -0.2) is 9.38 Å². The molecule has 1 saturated carbocycles. The summed E-state index contributed by atoms with van der Waals surface area (Å²) in [5, 5.41) is 11.9. The average Bonchev–Trinajstić information content (AvgIpc) is 3.48. The number of rotatable bonds is 4. The second-order valence-corrected chi connectivity index (χ2v) is 8.65. The van der Waals surface area contributed by atoms with Crippen molar-refractivity contribution in [3.05, 3.63) is 65.7 Å². The second-order valence-electron chi connectivity index (χ2n) is 8.65. The van der Waals surface area contributed by atoms with Crippen LogP contribution in [0.1, 0.15) is 51.6 Å². The van der Waals surface area contributed by atoms with E-state index < -0.39 is 0 Å². The summed E-state index contributed by atoms with van der Waals surface area (Å²) in [4.78, 5) is 10.1. The first kappa shape index (κ1) is 26.7. The highest BCUT2D eigenvalue weighted by Gasteiger charge is 2.25. The van der Waals surface area contributed by atoms with Crippen LogP contribution in [0, 0.1) is 18.3 Å². The highest BCUT2D eigenvalue weighted by atomic mass is 19.1. The quantitative estimate of drug-likeness (QED) is 0.349. The Kier molecular flexibility index (Phi) is 9.40. The van der Waals surface area contributed by atoms with E-state index in [1.165, 1.54) is 31.4 Å². The number of hydrogen-bond donors (Lipinski definition) is 4. The highest BCUT2D eigenvalue weighted by molar-refractivity contribution is 6.05. The van der Waals surface area contributed by atoms with Crippen LogP contribution in [0.25, 0.3) is 27.7 Å². The number of nitrogens with one attached hydrogen (secondary N) is 2. The number of aromatic nitrogens is 1. The van der Waals surface area contributed by atoms with Gasteiger partial charge in [-0.3, -0.25) is 0 Å². The lowest BCUT2D eigenvalue weighted by atomic mass is 9.95. The van der Waals surface area contributed by atoms with Crippen molar-refractivity contribution in [2.75, 3.05) is 13.7 Å². The van der Waals surface area contributed by atoms with Gasteiger partial charge >= 0.3 is 0 Å². The summed E-state index contributed by atoms with van der Waals surface area (Å²) in [5.74, 6) is 0.325. The molecule has 5 N–H and O–H groups in total. The lowest BCUT2D eigenvalue weighted by Gasteiger charge is -2.27. The fourth-order valence-corrected chi connectivity index (χ4v) is 4.76. The fraction of sp³-hybridized carbons (Fsp3) is 0.345. The largest absolute Gasteiger partial charge is 0.462 e. The van der Waals surface area contributed by atoms with Crippen molar-refractivity contribution in [3.8, 4) is 23.7 Å². The maximum atomic E-state index is 14.6. The zero-order valence-electron chi connectivity index (χ0n) is 21.3. The number of nitrogens with zero attached hydrogens (tertiary/aromatic N) is 2. The molecule has 1 aliphatic carbocycles. The Balaban J connectivity index is 0.000000674. The molecule has 2 heterocycles. The van der Waals surface area contributed by atoms with E-state index in [1.54, 1.807) is 6.07 Å². The Bertz CT molecular complexity index is 1260. The number of likely N-dealkylation sites (N-methyl/N-ethyl adjacent to an activating group) is 1. The Hall–Kier alpha value is -3.92. The molecule has 0 saturated heterocycles. The molecule has 0 amide bonds. The Labute approximate surface area is 213 Å². The number of aliphatic hydroxyl groups is 1. The number of aliphatic imine (C=N–C) groups is 1. The van der Waals surface area contributed by atoms with E-state index in [2.05, 4.69) is 38.7 Å². The van der Waals surface area contributed by atoms with Crippen molar-refractivity contribution in [3.63, 3.8) is 0 Å². The van der Waals surface area contributed by atoms with Gasteiger partial charge in [-0.15, -0.1) is 0 Å². The van der Waals surface area contributed by atoms with Crippen LogP contribution in [0.2, 0.25) is 0 Å². The van der Waals surface area contributed by atoms with Crippen LogP contribution in [0.4, 0.5) is 4.39 Å². The summed E-state index contributed by atoms with van der Waals surface area (Å²) in [7, 11) is 2.01. The zero-order valence-corrected chi connectivity index (χ0v) is 21.3. The van der Waals surface area contributed by atoms with Crippen molar-refractivity contribution in [1.29, 1.82) is 0 Å². The summed E-state index contributed by atoms with van der Waals surface area (Å²) in [5.41, 5.74) is 11.5. The average molecular weight is 490 g/mol. The fourth-order valence-electron chi connectivity index (χ4n) is 4.76. The van der Waals surface area contributed by atoms with Crippen LogP contribution in [0.5, 0.6) is 0 Å². The van der Waals surface area contributed by atoms with E-state index in [4.69, 9.17) is 10.8 Å². The standard InChI is InChI=1S/C25H28FN5.C2H2O.C2H6/c1-31-15-28-25(27)24(31)23(29-17-9-3-2-4-10-17)21-14-16-8-7-12-19(22(16)30-21)18-11-5-6-13-20(18)26;1-2-3;1-2/h5-8,11-14,17,29-30H,2-4,9-10,15H2,1H3,(H2,27,28);1,3H;1-2H3/b24-23-;;. The number of fused-ring (bicyclic) bond motifs is 1. The van der Waals surface area contributed by atoms with Crippen LogP contribution < -0.4 is 11.1 Å². The van der Waals surface area contributed by atoms with E-state index in [0.29, 0.717) is 24.1 Å². The van der Waals surface area contributed by atoms with Crippen LogP contribution in [0.3, 0.4) is 0 Å². The minimum absolute atomic E-state index is 0.225. The van der Waals surface area contributed by atoms with E-state index in [0.717, 1.165) is 46.4 Å². The summed E-state index contributed by atoms with van der Waals surface area (Å²) in [6.07, 6.45) is 11.5. The van der Waals surface area contributed by atoms with Crippen molar-refractivity contribution in [2.45, 2.75) is 52.0 Å². The number of halogens is 1. The van der Waals surface area contributed by atoms with Gasteiger partial charge in [-0.05, 0) is 25.0 Å². The molecule has 0 radical (unpaired) electrons. The summed E-state index contributed by atoms with van der Waals surface area (Å²) < 4.78 is 14.6. The normalized spacial score (nSPS) is 16.8. The van der Waals surface area contributed by atoms with Crippen LogP contribution >= 0.6 is 0 Å². The van der Waals surface area contributed by atoms with Gasteiger partial charge in [-0.2, -0.15) is 0 Å². The monoisotopic (exact) mass is 489 g/mol. The van der Waals surface area contributed by atoms with Crippen molar-refractivity contribution >= 4 is 22.4 Å². The van der Waals surface area contributed by atoms with Gasteiger partial charge in [0.15, 0.2) is 0 Å². The molecule has 1 fully saturated rings. The topological polar surface area (TPSA) is 89.7 Å². The molecule has 0 unspecified atom stereocenters. The van der Waals surface area contributed by atoms with Crippen LogP contribution in [0.15, 0.2) is 59.2 Å². The van der Waals surface area contributed by atoms with Crippen molar-refractivity contribution in [1.82, 2.24) is 15.2 Å². The molecule has 190 valence electrons. The molecule has 0 bridgehead atoms. The van der Waals surface area contributed by atoms with Crippen LogP contribution in [-0.4, -0.2) is 40.6 Å². The van der Waals surface area contributed by atoms with Gasteiger partial charge in [0, 0.05) is 29.6 Å². The van der Waals surface area contributed by atoms with E-state index in [9.17, 15) is 4.39 Å². The lowest BCUT2D eigenvalue weighted by Crippen LogP contribution is -2.34. The number of amidine groups is 1. The molecule has 2 aliphatic rings. The Morgan fingerprint density at radius 3 is 2.44 bits per heavy atom. The van der Waals surface area contributed by atoms with Gasteiger partial charge in [0.25, 0.3) is 0 Å². The minimum atomic E-state index is -0.225. The van der Waals surface area contributed by atoms with Crippen molar-refractivity contribution < 1.29 is 9.50 Å². The maximum absolute atomic E-state index is 14.6. The third-order valence-electron chi connectivity index (χ3n) is 6.36. The molecule has 1 aromatic heterocycles. The third-order valence-corrected chi connectivity index (χ3v) is 6.36. The Morgan fingerprint density at radius 1 is 1.14 bits per heavy atom. The molecule has 6 nitrogen and oxygen atoms in total. The molecule has 3 aromatic rings. The molecule has 0 spiro atoms. The van der Waals surface area contributed by atoms with Gasteiger partial charge in [0.2, 0.25) is 0 Å². The number of hydrogen-bond acceptors (Lipinski definition) is 5. The summed E-state index contributed by atoms with van der Waals surface area (Å²) >= 11 is 0. The van der Waals surface area contributed by atoms with Crippen LogP contribution in [-0.2, 0) is 0 Å². The minimum Gasteiger partial charge on any atom is -0.462 e. The third kappa shape index (κ3) is 5.83.